The van der Waals surface area contributed by atoms with Crippen LogP contribution in [0, 0.1) is 12.7 Å². The highest BCUT2D eigenvalue weighted by molar-refractivity contribution is 7.99. The third kappa shape index (κ3) is 4.74. The molecule has 4 heterocycles. The van der Waals surface area contributed by atoms with Crippen molar-refractivity contribution >= 4 is 28.7 Å². The molecule has 0 spiro atoms. The molecule has 1 amide bonds. The topological polar surface area (TPSA) is 117 Å². The minimum atomic E-state index is -0.367. The van der Waals surface area contributed by atoms with E-state index in [9.17, 15) is 18.8 Å². The van der Waals surface area contributed by atoms with Gasteiger partial charge in [-0.1, -0.05) is 23.9 Å². The number of aromatic nitrogens is 6. The number of nitrogens with zero attached hydrogens (tertiary/aromatic N) is 6. The Hall–Kier alpha value is -3.80. The largest absolute Gasteiger partial charge is 0.354 e. The molecule has 0 saturated carbocycles. The molecule has 1 unspecified atom stereocenters. The molecule has 1 aliphatic heterocycles. The standard InChI is InChI=1S/C23H22FN7O3S/c1-14-7-20(33)31-17(12-35-23(31)28-14)9-19(32)25-5-6-30-21-18(10-27-30)22(34)29(13-26-21)11-15-3-2-4-16(24)8-15/h2-4,7-8,10,13,17H,5-6,9,11-12H2,1H3,(H,25,32). The number of halogens is 1. The molecule has 0 saturated heterocycles. The van der Waals surface area contributed by atoms with Crippen LogP contribution < -0.4 is 16.4 Å². The van der Waals surface area contributed by atoms with Gasteiger partial charge < -0.3 is 5.32 Å². The lowest BCUT2D eigenvalue weighted by atomic mass is 10.2. The van der Waals surface area contributed by atoms with Gasteiger partial charge >= 0.3 is 0 Å². The Kier molecular flexibility index (Phi) is 6.20. The number of hydrogen-bond acceptors (Lipinski definition) is 7. The molecule has 12 heteroatoms. The van der Waals surface area contributed by atoms with Crippen LogP contribution in [0.4, 0.5) is 4.39 Å². The molecule has 0 radical (unpaired) electrons. The van der Waals surface area contributed by atoms with Gasteiger partial charge in [0.15, 0.2) is 10.8 Å². The first-order valence-corrected chi connectivity index (χ1v) is 12.0. The first-order chi connectivity index (χ1) is 16.9. The average Bonchev–Trinajstić information content (AvgIpc) is 3.40. The molecule has 5 rings (SSSR count). The highest BCUT2D eigenvalue weighted by Crippen LogP contribution is 2.31. The summed E-state index contributed by atoms with van der Waals surface area (Å²) in [6, 6.07) is 7.29. The smallest absolute Gasteiger partial charge is 0.264 e. The van der Waals surface area contributed by atoms with Crippen molar-refractivity contribution < 1.29 is 9.18 Å². The quantitative estimate of drug-likeness (QED) is 0.386. The summed E-state index contributed by atoms with van der Waals surface area (Å²) >= 11 is 1.47. The van der Waals surface area contributed by atoms with E-state index in [0.717, 1.165) is 0 Å². The minimum Gasteiger partial charge on any atom is -0.354 e. The second-order valence-electron chi connectivity index (χ2n) is 8.32. The van der Waals surface area contributed by atoms with E-state index < -0.39 is 0 Å². The summed E-state index contributed by atoms with van der Waals surface area (Å²) in [6.07, 6.45) is 3.03. The zero-order chi connectivity index (χ0) is 24.5. The number of fused-ring (bicyclic) bond motifs is 2. The number of carbonyl (C=O) groups is 1. The van der Waals surface area contributed by atoms with E-state index in [1.807, 2.05) is 0 Å². The normalized spacial score (nSPS) is 14.9. The zero-order valence-corrected chi connectivity index (χ0v) is 19.7. The monoisotopic (exact) mass is 495 g/mol. The summed E-state index contributed by atoms with van der Waals surface area (Å²) in [7, 11) is 0. The number of amides is 1. The number of rotatable bonds is 7. The lowest BCUT2D eigenvalue weighted by Crippen LogP contribution is -2.32. The molecule has 1 N–H and O–H groups in total. The molecule has 1 aliphatic rings. The number of hydrogen-bond donors (Lipinski definition) is 1. The van der Waals surface area contributed by atoms with Gasteiger partial charge in [-0.15, -0.1) is 0 Å². The molecule has 4 aromatic rings. The molecule has 0 aliphatic carbocycles. The van der Waals surface area contributed by atoms with E-state index in [0.29, 0.717) is 39.7 Å². The van der Waals surface area contributed by atoms with E-state index in [1.165, 1.54) is 47.1 Å². The van der Waals surface area contributed by atoms with Gasteiger partial charge in [-0.05, 0) is 24.6 Å². The summed E-state index contributed by atoms with van der Waals surface area (Å²) in [5.74, 6) is 0.0707. The van der Waals surface area contributed by atoms with Crippen molar-refractivity contribution in [1.82, 2.24) is 34.2 Å². The fraction of sp³-hybridized carbons (Fsp3) is 0.304. The zero-order valence-electron chi connectivity index (χ0n) is 18.8. The van der Waals surface area contributed by atoms with Crippen LogP contribution in [0.15, 0.2) is 57.6 Å². The van der Waals surface area contributed by atoms with Gasteiger partial charge in [0.1, 0.15) is 17.5 Å². The molecule has 180 valence electrons. The molecule has 35 heavy (non-hydrogen) atoms. The van der Waals surface area contributed by atoms with Crippen molar-refractivity contribution in [2.75, 3.05) is 12.3 Å². The van der Waals surface area contributed by atoms with Crippen LogP contribution in [0.25, 0.3) is 11.0 Å². The third-order valence-electron chi connectivity index (χ3n) is 5.75. The number of aryl methyl sites for hydroxylation is 1. The van der Waals surface area contributed by atoms with Gasteiger partial charge in [-0.25, -0.2) is 19.0 Å². The average molecular weight is 496 g/mol. The van der Waals surface area contributed by atoms with Gasteiger partial charge in [0.25, 0.3) is 11.1 Å². The number of benzene rings is 1. The van der Waals surface area contributed by atoms with Crippen molar-refractivity contribution in [2.45, 2.75) is 37.6 Å². The molecule has 1 atom stereocenters. The molecule has 0 fully saturated rings. The Morgan fingerprint density at radius 1 is 1.29 bits per heavy atom. The van der Waals surface area contributed by atoms with Gasteiger partial charge in [-0.2, -0.15) is 5.10 Å². The van der Waals surface area contributed by atoms with Gasteiger partial charge in [0.2, 0.25) is 5.91 Å². The Bertz CT molecular complexity index is 1540. The fourth-order valence-corrected chi connectivity index (χ4v) is 5.30. The molecule has 1 aromatic carbocycles. The summed E-state index contributed by atoms with van der Waals surface area (Å²) in [6.45, 7) is 2.58. The number of nitrogens with one attached hydrogen (secondary N) is 1. The summed E-state index contributed by atoms with van der Waals surface area (Å²) in [5, 5.41) is 8.08. The molecular formula is C23H22FN7O3S. The Balaban J connectivity index is 1.21. The second kappa shape index (κ2) is 9.45. The van der Waals surface area contributed by atoms with Crippen LogP contribution in [0.5, 0.6) is 0 Å². The first-order valence-electron chi connectivity index (χ1n) is 11.0. The van der Waals surface area contributed by atoms with Crippen LogP contribution >= 0.6 is 11.8 Å². The van der Waals surface area contributed by atoms with Crippen LogP contribution in [0.1, 0.15) is 23.7 Å². The van der Waals surface area contributed by atoms with Crippen LogP contribution in [-0.2, 0) is 17.9 Å². The van der Waals surface area contributed by atoms with Crippen molar-refractivity contribution in [3.63, 3.8) is 0 Å². The van der Waals surface area contributed by atoms with Crippen LogP contribution in [-0.4, -0.2) is 47.1 Å². The predicted octanol–water partition coefficient (Wildman–Crippen LogP) is 1.50. The molecule has 10 nitrogen and oxygen atoms in total. The lowest BCUT2D eigenvalue weighted by molar-refractivity contribution is -0.121. The number of carbonyl (C=O) groups excluding carboxylic acids is 1. The van der Waals surface area contributed by atoms with E-state index >= 15 is 0 Å². The summed E-state index contributed by atoms with van der Waals surface area (Å²) < 4.78 is 18.0. The van der Waals surface area contributed by atoms with Crippen molar-refractivity contribution in [3.8, 4) is 0 Å². The molecule has 0 bridgehead atoms. The maximum Gasteiger partial charge on any atom is 0.264 e. The second-order valence-corrected chi connectivity index (χ2v) is 9.31. The van der Waals surface area contributed by atoms with Crippen molar-refractivity contribution in [3.05, 3.63) is 80.6 Å². The van der Waals surface area contributed by atoms with Gasteiger partial charge in [0.05, 0.1) is 25.3 Å². The highest BCUT2D eigenvalue weighted by Gasteiger charge is 2.27. The Morgan fingerprint density at radius 3 is 2.97 bits per heavy atom. The maximum absolute atomic E-state index is 13.4. The van der Waals surface area contributed by atoms with Crippen LogP contribution in [0.3, 0.4) is 0 Å². The summed E-state index contributed by atoms with van der Waals surface area (Å²) in [5.41, 5.74) is 1.31. The fourth-order valence-electron chi connectivity index (χ4n) is 4.11. The predicted molar refractivity (Wildman–Crippen MR) is 128 cm³/mol. The summed E-state index contributed by atoms with van der Waals surface area (Å²) in [4.78, 5) is 46.3. The Morgan fingerprint density at radius 2 is 2.14 bits per heavy atom. The van der Waals surface area contributed by atoms with E-state index in [1.54, 1.807) is 28.3 Å². The van der Waals surface area contributed by atoms with Crippen molar-refractivity contribution in [2.24, 2.45) is 0 Å². The first kappa shape index (κ1) is 23.0. The van der Waals surface area contributed by atoms with Gasteiger partial charge in [0, 0.05) is 30.5 Å². The number of thioether (sulfide) groups is 1. The lowest BCUT2D eigenvalue weighted by Gasteiger charge is -2.13. The van der Waals surface area contributed by atoms with E-state index in [-0.39, 0.29) is 48.4 Å². The maximum atomic E-state index is 13.4. The highest BCUT2D eigenvalue weighted by atomic mass is 32.2. The third-order valence-corrected chi connectivity index (χ3v) is 6.85. The molecular weight excluding hydrogens is 473 g/mol. The van der Waals surface area contributed by atoms with Crippen molar-refractivity contribution in [1.29, 1.82) is 0 Å². The SMILES string of the molecule is Cc1cc(=O)n2c(n1)SCC2CC(=O)NCCn1ncc2c(=O)n(Cc3cccc(F)c3)cnc21. The van der Waals surface area contributed by atoms with Gasteiger partial charge in [-0.3, -0.25) is 23.5 Å². The van der Waals surface area contributed by atoms with E-state index in [4.69, 9.17) is 0 Å². The minimum absolute atomic E-state index is 0.146. The Labute approximate surface area is 202 Å². The van der Waals surface area contributed by atoms with Crippen LogP contribution in [0.2, 0.25) is 0 Å². The molecule has 3 aromatic heterocycles. The van der Waals surface area contributed by atoms with E-state index in [2.05, 4.69) is 20.4 Å².